The lowest BCUT2D eigenvalue weighted by Gasteiger charge is -2.11. The summed E-state index contributed by atoms with van der Waals surface area (Å²) >= 11 is 0. The molecule has 0 saturated carbocycles. The number of rotatable bonds is 3. The number of nitriles is 1. The minimum absolute atomic E-state index is 0.0601. The zero-order valence-corrected chi connectivity index (χ0v) is 11.2. The first kappa shape index (κ1) is 14.9. The van der Waals surface area contributed by atoms with Crippen molar-refractivity contribution in [2.75, 3.05) is 5.32 Å². The van der Waals surface area contributed by atoms with Crippen LogP contribution in [0.3, 0.4) is 0 Å². The summed E-state index contributed by atoms with van der Waals surface area (Å²) in [6, 6.07) is 11.0. The lowest BCUT2D eigenvalue weighted by molar-refractivity contribution is -0.141. The molecule has 1 heterocycles. The molecule has 6 heteroatoms. The Morgan fingerprint density at radius 3 is 2.62 bits per heavy atom. The monoisotopic (exact) mass is 291 g/mol. The standard InChI is InChI=1S/C15H12F3N3/c1-2-10-4-3-5-12(8-10)20-14-11(9-19)6-7-13(21-14)15(16,17)18/h3-8H,2H2,1H3,(H,20,21). The van der Waals surface area contributed by atoms with Gasteiger partial charge in [0, 0.05) is 5.69 Å². The minimum atomic E-state index is -4.55. The lowest BCUT2D eigenvalue weighted by atomic mass is 10.1. The summed E-state index contributed by atoms with van der Waals surface area (Å²) in [6.45, 7) is 1.97. The van der Waals surface area contributed by atoms with E-state index >= 15 is 0 Å². The number of halogens is 3. The number of nitrogens with zero attached hydrogens (tertiary/aromatic N) is 2. The topological polar surface area (TPSA) is 48.7 Å². The molecule has 0 aliphatic carbocycles. The van der Waals surface area contributed by atoms with Crippen LogP contribution in [-0.2, 0) is 12.6 Å². The normalized spacial score (nSPS) is 11.0. The van der Waals surface area contributed by atoms with E-state index in [2.05, 4.69) is 10.3 Å². The molecule has 21 heavy (non-hydrogen) atoms. The highest BCUT2D eigenvalue weighted by Gasteiger charge is 2.33. The van der Waals surface area contributed by atoms with E-state index in [1.54, 1.807) is 12.1 Å². The molecule has 1 N–H and O–H groups in total. The Bertz CT molecular complexity index is 687. The van der Waals surface area contributed by atoms with E-state index in [-0.39, 0.29) is 11.4 Å². The molecule has 1 aromatic heterocycles. The highest BCUT2D eigenvalue weighted by molar-refractivity contribution is 5.63. The minimum Gasteiger partial charge on any atom is -0.339 e. The van der Waals surface area contributed by atoms with Crippen molar-refractivity contribution in [2.24, 2.45) is 0 Å². The predicted octanol–water partition coefficient (Wildman–Crippen LogP) is 4.28. The zero-order chi connectivity index (χ0) is 15.5. The molecule has 0 amide bonds. The van der Waals surface area contributed by atoms with Crippen LogP contribution in [0.5, 0.6) is 0 Å². The quantitative estimate of drug-likeness (QED) is 0.918. The van der Waals surface area contributed by atoms with Crippen molar-refractivity contribution in [3.63, 3.8) is 0 Å². The highest BCUT2D eigenvalue weighted by Crippen LogP contribution is 2.30. The molecule has 2 aromatic rings. The Labute approximate surface area is 120 Å². The largest absolute Gasteiger partial charge is 0.433 e. The number of anilines is 2. The van der Waals surface area contributed by atoms with Crippen LogP contribution in [0.1, 0.15) is 23.7 Å². The fourth-order valence-electron chi connectivity index (χ4n) is 1.81. The number of hydrogen-bond donors (Lipinski definition) is 1. The lowest BCUT2D eigenvalue weighted by Crippen LogP contribution is -2.10. The third-order valence-corrected chi connectivity index (χ3v) is 2.90. The molecule has 2 rings (SSSR count). The first-order valence-corrected chi connectivity index (χ1v) is 6.28. The number of pyridine rings is 1. The van der Waals surface area contributed by atoms with Gasteiger partial charge in [-0.1, -0.05) is 19.1 Å². The molecule has 1 aromatic carbocycles. The molecule has 0 saturated heterocycles. The Balaban J connectivity index is 2.40. The van der Waals surface area contributed by atoms with Crippen LogP contribution in [-0.4, -0.2) is 4.98 Å². The van der Waals surface area contributed by atoms with Crippen LogP contribution < -0.4 is 5.32 Å². The van der Waals surface area contributed by atoms with Crippen LogP contribution >= 0.6 is 0 Å². The van der Waals surface area contributed by atoms with E-state index in [9.17, 15) is 13.2 Å². The second-order valence-electron chi connectivity index (χ2n) is 4.38. The second kappa shape index (κ2) is 5.83. The molecule has 0 radical (unpaired) electrons. The Kier molecular flexibility index (Phi) is 4.13. The van der Waals surface area contributed by atoms with Crippen LogP contribution in [0.15, 0.2) is 36.4 Å². The fourth-order valence-corrected chi connectivity index (χ4v) is 1.81. The average Bonchev–Trinajstić information content (AvgIpc) is 2.46. The summed E-state index contributed by atoms with van der Waals surface area (Å²) in [5.74, 6) is -0.0967. The fraction of sp³-hybridized carbons (Fsp3) is 0.200. The van der Waals surface area contributed by atoms with Gasteiger partial charge in [0.2, 0.25) is 0 Å². The van der Waals surface area contributed by atoms with E-state index < -0.39 is 11.9 Å². The summed E-state index contributed by atoms with van der Waals surface area (Å²) in [5, 5.41) is 11.8. The molecule has 0 fully saturated rings. The van der Waals surface area contributed by atoms with Crippen molar-refractivity contribution in [3.05, 3.63) is 53.2 Å². The summed E-state index contributed by atoms with van der Waals surface area (Å²) in [5.41, 5.74) is 0.656. The molecule has 0 unspecified atom stereocenters. The molecule has 0 aliphatic heterocycles. The molecule has 0 spiro atoms. The average molecular weight is 291 g/mol. The summed E-state index contributed by atoms with van der Waals surface area (Å²) in [7, 11) is 0. The SMILES string of the molecule is CCc1cccc(Nc2nc(C(F)(F)F)ccc2C#N)c1. The number of nitrogens with one attached hydrogen (secondary N) is 1. The molecule has 0 aliphatic rings. The molecular weight excluding hydrogens is 279 g/mol. The van der Waals surface area contributed by atoms with E-state index in [1.807, 2.05) is 25.1 Å². The van der Waals surface area contributed by atoms with E-state index in [0.717, 1.165) is 24.1 Å². The third kappa shape index (κ3) is 3.51. The van der Waals surface area contributed by atoms with Crippen LogP contribution in [0.25, 0.3) is 0 Å². The van der Waals surface area contributed by atoms with E-state index in [1.165, 1.54) is 0 Å². The van der Waals surface area contributed by atoms with Crippen LogP contribution in [0, 0.1) is 11.3 Å². The molecule has 3 nitrogen and oxygen atoms in total. The maximum absolute atomic E-state index is 12.7. The van der Waals surface area contributed by atoms with Crippen molar-refractivity contribution < 1.29 is 13.2 Å². The molecular formula is C15H12F3N3. The Hall–Kier alpha value is -2.55. The Morgan fingerprint density at radius 1 is 1.24 bits per heavy atom. The smallest absolute Gasteiger partial charge is 0.339 e. The van der Waals surface area contributed by atoms with Crippen molar-refractivity contribution in [1.82, 2.24) is 4.98 Å². The van der Waals surface area contributed by atoms with E-state index in [0.29, 0.717) is 5.69 Å². The van der Waals surface area contributed by atoms with Crippen molar-refractivity contribution in [3.8, 4) is 6.07 Å². The Morgan fingerprint density at radius 2 is 2.00 bits per heavy atom. The first-order chi connectivity index (χ1) is 9.94. The maximum atomic E-state index is 12.7. The predicted molar refractivity (Wildman–Crippen MR) is 73.1 cm³/mol. The second-order valence-corrected chi connectivity index (χ2v) is 4.38. The highest BCUT2D eigenvalue weighted by atomic mass is 19.4. The first-order valence-electron chi connectivity index (χ1n) is 6.28. The van der Waals surface area contributed by atoms with Crippen LogP contribution in [0.4, 0.5) is 24.7 Å². The number of aryl methyl sites for hydroxylation is 1. The maximum Gasteiger partial charge on any atom is 0.433 e. The van der Waals surface area contributed by atoms with Crippen molar-refractivity contribution in [1.29, 1.82) is 5.26 Å². The van der Waals surface area contributed by atoms with E-state index in [4.69, 9.17) is 5.26 Å². The third-order valence-electron chi connectivity index (χ3n) is 2.90. The summed E-state index contributed by atoms with van der Waals surface area (Å²) in [6.07, 6.45) is -3.74. The molecule has 0 bridgehead atoms. The van der Waals surface area contributed by atoms with Crippen LogP contribution in [0.2, 0.25) is 0 Å². The van der Waals surface area contributed by atoms with Gasteiger partial charge in [-0.2, -0.15) is 18.4 Å². The van der Waals surface area contributed by atoms with Gasteiger partial charge in [-0.3, -0.25) is 0 Å². The van der Waals surface area contributed by atoms with Gasteiger partial charge in [0.05, 0.1) is 5.56 Å². The summed E-state index contributed by atoms with van der Waals surface area (Å²) < 4.78 is 38.1. The van der Waals surface area contributed by atoms with Gasteiger partial charge in [0.1, 0.15) is 17.6 Å². The van der Waals surface area contributed by atoms with Gasteiger partial charge >= 0.3 is 6.18 Å². The van der Waals surface area contributed by atoms with Crippen molar-refractivity contribution >= 4 is 11.5 Å². The van der Waals surface area contributed by atoms with Gasteiger partial charge in [-0.15, -0.1) is 0 Å². The van der Waals surface area contributed by atoms with Crippen molar-refractivity contribution in [2.45, 2.75) is 19.5 Å². The number of alkyl halides is 3. The molecule has 0 atom stereocenters. The number of hydrogen-bond acceptors (Lipinski definition) is 3. The molecule has 108 valence electrons. The number of benzene rings is 1. The number of aromatic nitrogens is 1. The summed E-state index contributed by atoms with van der Waals surface area (Å²) in [4.78, 5) is 3.51. The van der Waals surface area contributed by atoms with Gasteiger partial charge in [0.15, 0.2) is 0 Å². The van der Waals surface area contributed by atoms with Gasteiger partial charge in [-0.05, 0) is 36.2 Å². The van der Waals surface area contributed by atoms with Gasteiger partial charge < -0.3 is 5.32 Å². The van der Waals surface area contributed by atoms with Gasteiger partial charge in [-0.25, -0.2) is 4.98 Å². The zero-order valence-electron chi connectivity index (χ0n) is 11.2. The van der Waals surface area contributed by atoms with Gasteiger partial charge in [0.25, 0.3) is 0 Å².